The minimum absolute atomic E-state index is 0.108. The molecule has 1 aliphatic carbocycles. The predicted molar refractivity (Wildman–Crippen MR) is 141 cm³/mol. The number of hydrogen-bond acceptors (Lipinski definition) is 4. The second kappa shape index (κ2) is 8.79. The fraction of sp³-hybridized carbons (Fsp3) is 0.464. The van der Waals surface area contributed by atoms with Crippen molar-refractivity contribution < 1.29 is 4.79 Å². The van der Waals surface area contributed by atoms with Crippen molar-refractivity contribution >= 4 is 35.6 Å². The molecule has 4 heterocycles. The lowest BCUT2D eigenvalue weighted by Gasteiger charge is -2.35. The first-order chi connectivity index (χ1) is 17.1. The Morgan fingerprint density at radius 1 is 1.26 bits per heavy atom. The number of imidazole rings is 1. The molecule has 2 saturated heterocycles. The van der Waals surface area contributed by atoms with E-state index in [0.29, 0.717) is 17.9 Å². The molecule has 1 N–H and O–H groups in total. The van der Waals surface area contributed by atoms with Gasteiger partial charge in [-0.3, -0.25) is 4.79 Å². The molecular weight excluding hydrogens is 436 g/mol. The van der Waals surface area contributed by atoms with Gasteiger partial charge < -0.3 is 19.4 Å². The molecule has 2 aliphatic heterocycles. The van der Waals surface area contributed by atoms with Crippen LogP contribution in [0.5, 0.6) is 0 Å². The Morgan fingerprint density at radius 2 is 2.11 bits per heavy atom. The van der Waals surface area contributed by atoms with Crippen LogP contribution in [0.25, 0.3) is 28.6 Å². The van der Waals surface area contributed by atoms with Crippen molar-refractivity contribution in [2.45, 2.75) is 45.2 Å². The molecule has 1 saturated carbocycles. The number of hydrogen-bond donors (Lipinski definition) is 1. The SMILES string of the molecule is C=Nc1c(/C=C\C)cc(-c2nc3cc(C(=O)N4CC[C@@H]5CCN[C@@H]5C4)ccc3n2C)n1CC1CC1. The molecule has 182 valence electrons. The van der Waals surface area contributed by atoms with E-state index in [-0.39, 0.29) is 5.91 Å². The van der Waals surface area contributed by atoms with Crippen LogP contribution in [-0.2, 0) is 13.6 Å². The van der Waals surface area contributed by atoms with Crippen molar-refractivity contribution in [1.29, 1.82) is 0 Å². The number of carbonyl (C=O) groups excluding carboxylic acids is 1. The Bertz CT molecular complexity index is 1330. The topological polar surface area (TPSA) is 67.5 Å². The van der Waals surface area contributed by atoms with E-state index in [1.165, 1.54) is 19.3 Å². The number of aryl methyl sites for hydroxylation is 1. The largest absolute Gasteiger partial charge is 0.337 e. The molecule has 2 aromatic heterocycles. The number of piperidine rings is 1. The zero-order valence-corrected chi connectivity index (χ0v) is 20.7. The minimum Gasteiger partial charge on any atom is -0.337 e. The van der Waals surface area contributed by atoms with Gasteiger partial charge in [0.25, 0.3) is 5.91 Å². The lowest BCUT2D eigenvalue weighted by molar-refractivity contribution is 0.0669. The highest BCUT2D eigenvalue weighted by molar-refractivity contribution is 5.98. The molecule has 0 radical (unpaired) electrons. The molecule has 0 bridgehead atoms. The normalized spacial score (nSPS) is 22.3. The number of fused-ring (bicyclic) bond motifs is 2. The minimum atomic E-state index is 0.108. The number of amides is 1. The second-order valence-corrected chi connectivity index (χ2v) is 10.4. The summed E-state index contributed by atoms with van der Waals surface area (Å²) in [5, 5.41) is 3.57. The summed E-state index contributed by atoms with van der Waals surface area (Å²) in [4.78, 5) is 24.8. The van der Waals surface area contributed by atoms with Gasteiger partial charge >= 0.3 is 0 Å². The molecule has 1 aromatic carbocycles. The number of carbonyl (C=O) groups is 1. The van der Waals surface area contributed by atoms with Gasteiger partial charge in [-0.15, -0.1) is 0 Å². The first-order valence-corrected chi connectivity index (χ1v) is 12.9. The van der Waals surface area contributed by atoms with Gasteiger partial charge in [0.15, 0.2) is 5.82 Å². The van der Waals surface area contributed by atoms with E-state index >= 15 is 0 Å². The highest BCUT2D eigenvalue weighted by atomic mass is 16.2. The zero-order chi connectivity index (χ0) is 24.1. The second-order valence-electron chi connectivity index (χ2n) is 10.4. The summed E-state index contributed by atoms with van der Waals surface area (Å²) in [6.07, 6.45) is 8.95. The molecule has 7 heteroatoms. The van der Waals surface area contributed by atoms with Gasteiger partial charge in [0.05, 0.1) is 16.7 Å². The number of nitrogens with zero attached hydrogens (tertiary/aromatic N) is 5. The Hall–Kier alpha value is -3.19. The molecule has 6 rings (SSSR count). The number of rotatable bonds is 6. The Morgan fingerprint density at radius 3 is 2.89 bits per heavy atom. The molecule has 1 amide bonds. The van der Waals surface area contributed by atoms with E-state index in [1.807, 2.05) is 43.1 Å². The fourth-order valence-electron chi connectivity index (χ4n) is 5.93. The number of allylic oxidation sites excluding steroid dienone is 1. The van der Waals surface area contributed by atoms with Gasteiger partial charge in [0.2, 0.25) is 0 Å². The van der Waals surface area contributed by atoms with Crippen LogP contribution in [0.3, 0.4) is 0 Å². The van der Waals surface area contributed by atoms with Gasteiger partial charge in [0.1, 0.15) is 5.82 Å². The highest BCUT2D eigenvalue weighted by Crippen LogP contribution is 2.38. The highest BCUT2D eigenvalue weighted by Gasteiger charge is 2.34. The van der Waals surface area contributed by atoms with Gasteiger partial charge in [-0.1, -0.05) is 12.2 Å². The molecular formula is C28H34N6O. The maximum absolute atomic E-state index is 13.4. The fourth-order valence-corrected chi connectivity index (χ4v) is 5.93. The first-order valence-electron chi connectivity index (χ1n) is 12.9. The standard InChI is InChI=1S/C28H34N6O/c1-4-5-20-15-25(34(26(20)29-2)16-18-6-7-18)27-31-22-14-21(8-9-24(22)32(27)3)28(35)33-13-11-19-10-12-30-23(19)17-33/h4-5,8-9,14-15,18-19,23,30H,2,6-7,10-13,16-17H2,1,3H3/b5-4-/t19-,23+/m0/s1. The van der Waals surface area contributed by atoms with Gasteiger partial charge in [-0.2, -0.15) is 0 Å². The summed E-state index contributed by atoms with van der Waals surface area (Å²) in [5.74, 6) is 3.31. The van der Waals surface area contributed by atoms with E-state index in [1.54, 1.807) is 0 Å². The smallest absolute Gasteiger partial charge is 0.253 e. The Kier molecular flexibility index (Phi) is 5.60. The molecule has 7 nitrogen and oxygen atoms in total. The van der Waals surface area contributed by atoms with Crippen LogP contribution < -0.4 is 5.32 Å². The van der Waals surface area contributed by atoms with E-state index in [0.717, 1.165) is 72.1 Å². The lowest BCUT2D eigenvalue weighted by Crippen LogP contribution is -2.48. The molecule has 0 unspecified atom stereocenters. The maximum atomic E-state index is 13.4. The van der Waals surface area contributed by atoms with E-state index < -0.39 is 0 Å². The predicted octanol–water partition coefficient (Wildman–Crippen LogP) is 4.64. The molecule has 2 atom stereocenters. The van der Waals surface area contributed by atoms with Crippen LogP contribution in [0, 0.1) is 11.8 Å². The molecule has 3 aliphatic rings. The molecule has 3 aromatic rings. The summed E-state index contributed by atoms with van der Waals surface area (Å²) in [6, 6.07) is 8.56. The summed E-state index contributed by atoms with van der Waals surface area (Å²) in [6.45, 7) is 9.51. The lowest BCUT2D eigenvalue weighted by atomic mass is 9.92. The number of likely N-dealkylation sites (tertiary alicyclic amines) is 1. The van der Waals surface area contributed by atoms with Crippen molar-refractivity contribution in [2.75, 3.05) is 19.6 Å². The van der Waals surface area contributed by atoms with Crippen LogP contribution in [0.2, 0.25) is 0 Å². The van der Waals surface area contributed by atoms with Gasteiger partial charge in [-0.25, -0.2) is 9.98 Å². The van der Waals surface area contributed by atoms with Crippen molar-refractivity contribution in [3.05, 3.63) is 41.5 Å². The van der Waals surface area contributed by atoms with Crippen LogP contribution in [0.15, 0.2) is 35.3 Å². The van der Waals surface area contributed by atoms with E-state index in [9.17, 15) is 4.79 Å². The van der Waals surface area contributed by atoms with Gasteiger partial charge in [0, 0.05) is 43.9 Å². The quantitative estimate of drug-likeness (QED) is 0.534. The van der Waals surface area contributed by atoms with Crippen LogP contribution in [0.4, 0.5) is 5.82 Å². The number of nitrogens with one attached hydrogen (secondary N) is 1. The van der Waals surface area contributed by atoms with Crippen molar-refractivity contribution in [3.8, 4) is 11.5 Å². The molecule has 35 heavy (non-hydrogen) atoms. The van der Waals surface area contributed by atoms with E-state index in [2.05, 4.69) is 38.3 Å². The summed E-state index contributed by atoms with van der Waals surface area (Å²) < 4.78 is 4.40. The van der Waals surface area contributed by atoms with Crippen LogP contribution in [-0.4, -0.2) is 57.3 Å². The zero-order valence-electron chi connectivity index (χ0n) is 20.7. The number of aliphatic imine (C=N–C) groups is 1. The number of benzene rings is 1. The van der Waals surface area contributed by atoms with Crippen molar-refractivity contribution in [2.24, 2.45) is 23.9 Å². The maximum Gasteiger partial charge on any atom is 0.253 e. The number of aromatic nitrogens is 3. The third-order valence-corrected chi connectivity index (χ3v) is 8.05. The summed E-state index contributed by atoms with van der Waals surface area (Å²) in [7, 11) is 2.05. The average Bonchev–Trinajstić information content (AvgIpc) is 3.31. The first kappa shape index (κ1) is 22.3. The Labute approximate surface area is 206 Å². The molecule has 0 spiro atoms. The van der Waals surface area contributed by atoms with E-state index in [4.69, 9.17) is 4.98 Å². The third kappa shape index (κ3) is 3.92. The van der Waals surface area contributed by atoms with Gasteiger partial charge in [-0.05, 0) is 82.0 Å². The summed E-state index contributed by atoms with van der Waals surface area (Å²) >= 11 is 0. The van der Waals surface area contributed by atoms with Crippen molar-refractivity contribution in [1.82, 2.24) is 24.3 Å². The Balaban J connectivity index is 1.36. The van der Waals surface area contributed by atoms with Crippen LogP contribution >= 0.6 is 0 Å². The average molecular weight is 471 g/mol. The molecule has 3 fully saturated rings. The van der Waals surface area contributed by atoms with Crippen molar-refractivity contribution in [3.63, 3.8) is 0 Å². The monoisotopic (exact) mass is 470 g/mol. The van der Waals surface area contributed by atoms with Crippen LogP contribution in [0.1, 0.15) is 48.5 Å². The third-order valence-electron chi connectivity index (χ3n) is 8.05. The summed E-state index contributed by atoms with van der Waals surface area (Å²) in [5.41, 5.74) is 4.70.